The van der Waals surface area contributed by atoms with Crippen molar-refractivity contribution in [2.24, 2.45) is 23.5 Å². The maximum Gasteiger partial charge on any atom is 0.320 e. The van der Waals surface area contributed by atoms with Crippen molar-refractivity contribution in [3.05, 3.63) is 47.5 Å². The Kier molecular flexibility index (Phi) is 7.66. The van der Waals surface area contributed by atoms with Gasteiger partial charge in [0.25, 0.3) is 5.91 Å². The highest BCUT2D eigenvalue weighted by Gasteiger charge is 2.63. The number of urea groups is 1. The van der Waals surface area contributed by atoms with Gasteiger partial charge in [0.1, 0.15) is 11.6 Å². The van der Waals surface area contributed by atoms with Crippen LogP contribution in [0.1, 0.15) is 62.5 Å². The van der Waals surface area contributed by atoms with Gasteiger partial charge in [-0.05, 0) is 49.7 Å². The van der Waals surface area contributed by atoms with Gasteiger partial charge in [0.15, 0.2) is 0 Å². The Hall–Kier alpha value is -3.45. The molecule has 6 atom stereocenters. The lowest BCUT2D eigenvalue weighted by molar-refractivity contribution is -0.141. The van der Waals surface area contributed by atoms with Crippen molar-refractivity contribution in [3.63, 3.8) is 0 Å². The number of carbonyl (C=O) groups is 4. The lowest BCUT2D eigenvalue weighted by atomic mass is 9.93. The first-order chi connectivity index (χ1) is 21.6. The molecule has 242 valence electrons. The topological polar surface area (TPSA) is 162 Å². The van der Waals surface area contributed by atoms with Gasteiger partial charge in [-0.3, -0.25) is 19.1 Å². The lowest BCUT2D eigenvalue weighted by Gasteiger charge is -2.32. The number of fused-ring (bicyclic) bond motifs is 5. The summed E-state index contributed by atoms with van der Waals surface area (Å²) in [7, 11) is -3.83. The van der Waals surface area contributed by atoms with Crippen molar-refractivity contribution < 1.29 is 27.6 Å². The Labute approximate surface area is 263 Å². The van der Waals surface area contributed by atoms with Gasteiger partial charge in [0.2, 0.25) is 21.8 Å². The smallest absolute Gasteiger partial charge is 0.320 e. The van der Waals surface area contributed by atoms with E-state index in [0.29, 0.717) is 45.4 Å². The second-order valence-corrected chi connectivity index (χ2v) is 15.8. The summed E-state index contributed by atoms with van der Waals surface area (Å²) in [5, 5.41) is 2.35. The van der Waals surface area contributed by atoms with E-state index in [1.807, 2.05) is 41.3 Å². The number of likely N-dealkylation sites (tertiary alicyclic amines) is 1. The van der Waals surface area contributed by atoms with Gasteiger partial charge in [-0.25, -0.2) is 13.2 Å². The number of benzene rings is 1. The van der Waals surface area contributed by atoms with Gasteiger partial charge in [-0.1, -0.05) is 49.3 Å². The zero-order chi connectivity index (χ0) is 31.5. The molecule has 0 spiro atoms. The fraction of sp³-hybridized carbons (Fsp3) is 0.625. The van der Waals surface area contributed by atoms with Crippen LogP contribution < -0.4 is 15.8 Å². The van der Waals surface area contributed by atoms with Crippen LogP contribution in [-0.2, 0) is 37.5 Å². The lowest BCUT2D eigenvalue weighted by Crippen LogP contribution is -2.59. The molecule has 12 nitrogen and oxygen atoms in total. The summed E-state index contributed by atoms with van der Waals surface area (Å²) in [5.41, 5.74) is 7.21. The number of hydrogen-bond donors (Lipinski definition) is 3. The van der Waals surface area contributed by atoms with Crippen LogP contribution >= 0.6 is 0 Å². The van der Waals surface area contributed by atoms with E-state index < -0.39 is 44.7 Å². The number of nitrogens with two attached hydrogens (primary N) is 1. The second-order valence-electron chi connectivity index (χ2n) is 13.8. The molecule has 4 aliphatic heterocycles. The molecule has 2 saturated heterocycles. The van der Waals surface area contributed by atoms with Crippen molar-refractivity contribution in [1.82, 2.24) is 24.7 Å². The van der Waals surface area contributed by atoms with Crippen molar-refractivity contribution in [3.8, 4) is 0 Å². The van der Waals surface area contributed by atoms with Crippen LogP contribution in [0.5, 0.6) is 0 Å². The zero-order valence-corrected chi connectivity index (χ0v) is 26.2. The number of sulfonamides is 1. The summed E-state index contributed by atoms with van der Waals surface area (Å²) >= 11 is 0. The van der Waals surface area contributed by atoms with Crippen LogP contribution in [0.4, 0.5) is 4.79 Å². The molecule has 1 aromatic carbocycles. The Morgan fingerprint density at radius 1 is 0.956 bits per heavy atom. The first-order valence-electron chi connectivity index (χ1n) is 16.3. The van der Waals surface area contributed by atoms with E-state index >= 15 is 0 Å². The van der Waals surface area contributed by atoms with Gasteiger partial charge >= 0.3 is 6.03 Å². The number of nitrogens with zero attached hydrogens (tertiary/aromatic N) is 3. The molecule has 4 fully saturated rings. The molecule has 7 rings (SSSR count). The number of hydrogen-bond acceptors (Lipinski definition) is 7. The van der Waals surface area contributed by atoms with Crippen LogP contribution in [0.2, 0.25) is 0 Å². The Morgan fingerprint density at radius 2 is 1.69 bits per heavy atom. The summed E-state index contributed by atoms with van der Waals surface area (Å²) in [5.74, 6) is -2.36. The quantitative estimate of drug-likeness (QED) is 0.419. The minimum atomic E-state index is -3.83. The SMILES string of the molecule is N[C@H]1CCCCC/C=C\[C@@H]2C[C@]2(C(=O)NS(=O)(=O)C2CC2)NC(=O)[C@@H]2[C@H]3CN(C(=O)N4Cc5ccccc5C4)C[C@H]3CN2C1=O. The summed E-state index contributed by atoms with van der Waals surface area (Å²) in [6.07, 6.45) is 9.04. The molecule has 13 heteroatoms. The molecule has 2 saturated carbocycles. The summed E-state index contributed by atoms with van der Waals surface area (Å²) in [6.45, 7) is 2.06. The highest BCUT2D eigenvalue weighted by Crippen LogP contribution is 2.47. The van der Waals surface area contributed by atoms with Crippen LogP contribution in [0.15, 0.2) is 36.4 Å². The molecule has 0 bridgehead atoms. The van der Waals surface area contributed by atoms with Gasteiger partial charge in [-0.2, -0.15) is 0 Å². The van der Waals surface area contributed by atoms with E-state index in [0.717, 1.165) is 36.8 Å². The van der Waals surface area contributed by atoms with Crippen LogP contribution in [0, 0.1) is 17.8 Å². The fourth-order valence-corrected chi connectivity index (χ4v) is 9.15. The third kappa shape index (κ3) is 5.62. The minimum Gasteiger partial charge on any atom is -0.339 e. The highest BCUT2D eigenvalue weighted by atomic mass is 32.2. The third-order valence-corrected chi connectivity index (χ3v) is 12.5. The Bertz CT molecular complexity index is 1520. The Morgan fingerprint density at radius 3 is 2.40 bits per heavy atom. The molecule has 5 amide bonds. The number of allylic oxidation sites excluding steroid dienone is 1. The van der Waals surface area contributed by atoms with Crippen molar-refractivity contribution in [2.75, 3.05) is 19.6 Å². The molecule has 45 heavy (non-hydrogen) atoms. The Balaban J connectivity index is 1.13. The maximum atomic E-state index is 14.3. The van der Waals surface area contributed by atoms with E-state index in [4.69, 9.17) is 5.73 Å². The molecule has 6 aliphatic rings. The predicted octanol–water partition coefficient (Wildman–Crippen LogP) is 1.21. The van der Waals surface area contributed by atoms with Crippen molar-refractivity contribution in [1.29, 1.82) is 0 Å². The minimum absolute atomic E-state index is 0.0961. The van der Waals surface area contributed by atoms with Crippen molar-refractivity contribution in [2.45, 2.75) is 87.3 Å². The molecule has 1 aromatic rings. The monoisotopic (exact) mass is 638 g/mol. The van der Waals surface area contributed by atoms with E-state index in [1.54, 1.807) is 9.80 Å². The molecular formula is C32H42N6O6S. The number of amides is 5. The molecule has 2 aliphatic carbocycles. The largest absolute Gasteiger partial charge is 0.339 e. The van der Waals surface area contributed by atoms with Gasteiger partial charge in [-0.15, -0.1) is 0 Å². The average molecular weight is 639 g/mol. The van der Waals surface area contributed by atoms with Crippen LogP contribution in [0.25, 0.3) is 0 Å². The van der Waals surface area contributed by atoms with E-state index in [9.17, 15) is 27.6 Å². The molecule has 0 unspecified atom stereocenters. The number of rotatable bonds is 3. The van der Waals surface area contributed by atoms with E-state index in [-0.39, 0.29) is 42.7 Å². The number of carbonyl (C=O) groups excluding carboxylic acids is 4. The second kappa shape index (κ2) is 11.4. The summed E-state index contributed by atoms with van der Waals surface area (Å²) in [4.78, 5) is 60.3. The van der Waals surface area contributed by atoms with E-state index in [1.165, 1.54) is 0 Å². The summed E-state index contributed by atoms with van der Waals surface area (Å²) in [6, 6.07) is 6.20. The predicted molar refractivity (Wildman–Crippen MR) is 164 cm³/mol. The fourth-order valence-electron chi connectivity index (χ4n) is 7.79. The third-order valence-electron chi connectivity index (χ3n) is 10.6. The first-order valence-corrected chi connectivity index (χ1v) is 17.8. The summed E-state index contributed by atoms with van der Waals surface area (Å²) < 4.78 is 27.7. The van der Waals surface area contributed by atoms with Gasteiger partial charge in [0, 0.05) is 50.5 Å². The van der Waals surface area contributed by atoms with E-state index in [2.05, 4.69) is 10.0 Å². The average Bonchev–Trinajstić information content (AvgIpc) is 3.85. The zero-order valence-electron chi connectivity index (χ0n) is 25.4. The highest BCUT2D eigenvalue weighted by molar-refractivity contribution is 7.91. The maximum absolute atomic E-state index is 14.3. The molecule has 4 N–H and O–H groups in total. The van der Waals surface area contributed by atoms with Gasteiger partial charge < -0.3 is 25.8 Å². The van der Waals surface area contributed by atoms with Crippen LogP contribution in [0.3, 0.4) is 0 Å². The standard InChI is InChI=1S/C32H42N6O6S/c33-26-11-5-3-1-2-4-10-23-14-32(23,30(41)35-45(43,44)24-12-13-24)34-28(39)27-25-19-37(17-22(25)18-38(27)29(26)40)31(42)36-15-20-8-6-7-9-21(20)16-36/h4,6-10,22-27H,1-3,5,11-19,33H2,(H,34,39)(H,35,41)/b10-4-/t22-,23+,25-,26-,27-,32-/m0/s1. The first kappa shape index (κ1) is 30.2. The van der Waals surface area contributed by atoms with Crippen LogP contribution in [-0.4, -0.2) is 89.4 Å². The molecular weight excluding hydrogens is 596 g/mol. The molecule has 0 radical (unpaired) electrons. The normalized spacial score (nSPS) is 34.1. The molecule has 0 aromatic heterocycles. The van der Waals surface area contributed by atoms with Gasteiger partial charge in [0.05, 0.1) is 11.3 Å². The van der Waals surface area contributed by atoms with Crippen molar-refractivity contribution >= 4 is 33.8 Å². The molecule has 4 heterocycles. The number of nitrogens with one attached hydrogen (secondary N) is 2.